The summed E-state index contributed by atoms with van der Waals surface area (Å²) >= 11 is 0. The van der Waals surface area contributed by atoms with Gasteiger partial charge in [0.25, 0.3) is 8.32 Å². The zero-order valence-corrected chi connectivity index (χ0v) is 16.8. The number of nitrogens with zero attached hydrogens (tertiary/aromatic N) is 3. The van der Waals surface area contributed by atoms with Crippen LogP contribution in [-0.4, -0.2) is 38.5 Å². The van der Waals surface area contributed by atoms with Gasteiger partial charge in [-0.3, -0.25) is 0 Å². The Kier molecular flexibility index (Phi) is 6.93. The smallest absolute Gasteiger partial charge is 0.261 e. The summed E-state index contributed by atoms with van der Waals surface area (Å²) in [6.07, 6.45) is -1.03. The molecule has 27 heavy (non-hydrogen) atoms. The van der Waals surface area contributed by atoms with Gasteiger partial charge in [0.15, 0.2) is 0 Å². The van der Waals surface area contributed by atoms with E-state index in [-0.39, 0.29) is 11.6 Å². The number of aldehydes is 1. The van der Waals surface area contributed by atoms with E-state index in [1.54, 1.807) is 0 Å². The molecule has 0 aliphatic carbocycles. The lowest BCUT2D eigenvalue weighted by Gasteiger charge is -2.43. The molecular weight excluding hydrogens is 358 g/mol. The van der Waals surface area contributed by atoms with Crippen LogP contribution in [0.1, 0.15) is 20.8 Å². The summed E-state index contributed by atoms with van der Waals surface area (Å²) < 4.78 is 6.56. The second-order valence-electron chi connectivity index (χ2n) is 7.37. The first-order chi connectivity index (χ1) is 12.9. The van der Waals surface area contributed by atoms with Crippen LogP contribution in [0, 0.1) is 0 Å². The third-order valence-corrected chi connectivity index (χ3v) is 9.63. The van der Waals surface area contributed by atoms with Crippen LogP contribution in [0.4, 0.5) is 0 Å². The minimum Gasteiger partial charge on any atom is -0.407 e. The maximum Gasteiger partial charge on any atom is 0.261 e. The van der Waals surface area contributed by atoms with Gasteiger partial charge >= 0.3 is 0 Å². The number of carbonyl (C=O) groups excluding carboxylic acids is 1. The van der Waals surface area contributed by atoms with E-state index in [0.29, 0.717) is 6.29 Å². The quantitative estimate of drug-likeness (QED) is 0.250. The van der Waals surface area contributed by atoms with E-state index < -0.39 is 20.5 Å². The molecule has 0 heterocycles. The number of aliphatic hydroxyl groups excluding tert-OH is 1. The molecule has 142 valence electrons. The Balaban J connectivity index is 2.58. The van der Waals surface area contributed by atoms with Crippen LogP contribution in [0.25, 0.3) is 10.4 Å². The van der Waals surface area contributed by atoms with Crippen molar-refractivity contribution in [3.05, 3.63) is 71.1 Å². The molecule has 0 unspecified atom stereocenters. The predicted molar refractivity (Wildman–Crippen MR) is 109 cm³/mol. The Bertz CT molecular complexity index is 748. The van der Waals surface area contributed by atoms with Gasteiger partial charge in [0, 0.05) is 11.5 Å². The van der Waals surface area contributed by atoms with Crippen molar-refractivity contribution in [1.82, 2.24) is 0 Å². The second kappa shape index (κ2) is 8.97. The number of rotatable bonds is 8. The van der Waals surface area contributed by atoms with Gasteiger partial charge in [-0.2, -0.15) is 0 Å². The van der Waals surface area contributed by atoms with Crippen molar-refractivity contribution in [1.29, 1.82) is 0 Å². The molecule has 0 aliphatic rings. The summed E-state index contributed by atoms with van der Waals surface area (Å²) in [6.45, 7) is 6.32. The van der Waals surface area contributed by atoms with Gasteiger partial charge < -0.3 is 14.3 Å². The highest BCUT2D eigenvalue weighted by atomic mass is 28.4. The van der Waals surface area contributed by atoms with Crippen LogP contribution >= 0.6 is 0 Å². The molecule has 0 fully saturated rings. The number of carbonyl (C=O) groups is 1. The first-order valence-electron chi connectivity index (χ1n) is 8.79. The molecule has 6 nitrogen and oxygen atoms in total. The first kappa shape index (κ1) is 20.9. The Morgan fingerprint density at radius 1 is 1.11 bits per heavy atom. The Labute approximate surface area is 160 Å². The van der Waals surface area contributed by atoms with Crippen molar-refractivity contribution in [2.24, 2.45) is 5.11 Å². The van der Waals surface area contributed by atoms with Crippen LogP contribution in [0.15, 0.2) is 65.8 Å². The molecule has 0 saturated carbocycles. The van der Waals surface area contributed by atoms with Gasteiger partial charge in [0.2, 0.25) is 0 Å². The van der Waals surface area contributed by atoms with Gasteiger partial charge in [-0.1, -0.05) is 86.5 Å². The summed E-state index contributed by atoms with van der Waals surface area (Å²) in [6, 6.07) is 19.0. The summed E-state index contributed by atoms with van der Waals surface area (Å²) in [5.74, 6) is 0. The van der Waals surface area contributed by atoms with Crippen molar-refractivity contribution >= 4 is 25.0 Å². The zero-order chi connectivity index (χ0) is 19.9. The molecule has 0 saturated heterocycles. The lowest BCUT2D eigenvalue weighted by atomic mass is 10.2. The molecule has 0 amide bonds. The standard InChI is InChI=1S/C20H25N3O3Si/c1-20(2,3)27(16-10-6-4-7-11-16,17-12-8-5-9-13-17)26-15-18(22-23-21)19(25)14-24/h4-14,18-19,25H,15H2,1-3H3/t18-,19+/m0/s1. The van der Waals surface area contributed by atoms with Crippen LogP contribution in [-0.2, 0) is 9.22 Å². The number of hydrogen-bond acceptors (Lipinski definition) is 4. The summed E-state index contributed by atoms with van der Waals surface area (Å²) in [5.41, 5.74) is 8.79. The van der Waals surface area contributed by atoms with E-state index in [4.69, 9.17) is 9.96 Å². The van der Waals surface area contributed by atoms with Crippen molar-refractivity contribution in [3.8, 4) is 0 Å². The average molecular weight is 384 g/mol. The van der Waals surface area contributed by atoms with Crippen molar-refractivity contribution in [3.63, 3.8) is 0 Å². The van der Waals surface area contributed by atoms with Crippen LogP contribution in [0.5, 0.6) is 0 Å². The van der Waals surface area contributed by atoms with Gasteiger partial charge in [0.05, 0.1) is 6.04 Å². The third kappa shape index (κ3) is 4.46. The normalized spacial score (nSPS) is 14.1. The molecule has 0 aromatic heterocycles. The highest BCUT2D eigenvalue weighted by Gasteiger charge is 2.50. The fourth-order valence-electron chi connectivity index (χ4n) is 3.33. The van der Waals surface area contributed by atoms with Crippen molar-refractivity contribution < 1.29 is 14.3 Å². The van der Waals surface area contributed by atoms with Crippen molar-refractivity contribution in [2.75, 3.05) is 6.61 Å². The Hall–Kier alpha value is -2.44. The minimum absolute atomic E-state index is 0.0444. The van der Waals surface area contributed by atoms with E-state index in [1.165, 1.54) is 0 Å². The molecule has 7 heteroatoms. The topological polar surface area (TPSA) is 95.3 Å². The Morgan fingerprint density at radius 2 is 1.59 bits per heavy atom. The number of benzene rings is 2. The fraction of sp³-hybridized carbons (Fsp3) is 0.350. The largest absolute Gasteiger partial charge is 0.407 e. The predicted octanol–water partition coefficient (Wildman–Crippen LogP) is 2.80. The van der Waals surface area contributed by atoms with E-state index in [9.17, 15) is 9.90 Å². The first-order valence-corrected chi connectivity index (χ1v) is 10.7. The molecule has 0 spiro atoms. The van der Waals surface area contributed by atoms with E-state index in [2.05, 4.69) is 30.8 Å². The Morgan fingerprint density at radius 3 is 1.96 bits per heavy atom. The maximum absolute atomic E-state index is 11.0. The zero-order valence-electron chi connectivity index (χ0n) is 15.8. The molecule has 2 aromatic rings. The molecule has 1 N–H and O–H groups in total. The summed E-state index contributed by atoms with van der Waals surface area (Å²) in [7, 11) is -2.81. The highest BCUT2D eigenvalue weighted by molar-refractivity contribution is 6.99. The number of hydrogen-bond donors (Lipinski definition) is 1. The molecule has 0 aliphatic heterocycles. The van der Waals surface area contributed by atoms with Gasteiger partial charge in [0.1, 0.15) is 12.4 Å². The molecule has 2 rings (SSSR count). The molecule has 0 radical (unpaired) electrons. The molecule has 2 aromatic carbocycles. The second-order valence-corrected chi connectivity index (χ2v) is 11.7. The molecule has 0 bridgehead atoms. The van der Waals surface area contributed by atoms with Crippen LogP contribution in [0.2, 0.25) is 5.04 Å². The SMILES string of the molecule is CC(C)(C)[Si](OC[C@H](N=[N+]=[N-])[C@H](O)C=O)(c1ccccc1)c1ccccc1. The van der Waals surface area contributed by atoms with Gasteiger partial charge in [-0.05, 0) is 20.9 Å². The number of azide groups is 1. The minimum atomic E-state index is -2.81. The maximum atomic E-state index is 11.0. The van der Waals surface area contributed by atoms with E-state index >= 15 is 0 Å². The number of aliphatic hydroxyl groups is 1. The van der Waals surface area contributed by atoms with E-state index in [0.717, 1.165) is 10.4 Å². The lowest BCUT2D eigenvalue weighted by Crippen LogP contribution is -2.67. The van der Waals surface area contributed by atoms with Gasteiger partial charge in [-0.15, -0.1) is 0 Å². The van der Waals surface area contributed by atoms with Gasteiger partial charge in [-0.25, -0.2) is 0 Å². The van der Waals surface area contributed by atoms with Crippen LogP contribution in [0.3, 0.4) is 0 Å². The fourth-order valence-corrected chi connectivity index (χ4v) is 7.91. The highest BCUT2D eigenvalue weighted by Crippen LogP contribution is 2.36. The monoisotopic (exact) mass is 383 g/mol. The summed E-state index contributed by atoms with van der Waals surface area (Å²) in [5, 5.41) is 15.4. The average Bonchev–Trinajstić information content (AvgIpc) is 2.67. The summed E-state index contributed by atoms with van der Waals surface area (Å²) in [4.78, 5) is 13.8. The molecule has 2 atom stereocenters. The van der Waals surface area contributed by atoms with Crippen molar-refractivity contribution in [2.45, 2.75) is 38.0 Å². The van der Waals surface area contributed by atoms with Crippen LogP contribution < -0.4 is 10.4 Å². The lowest BCUT2D eigenvalue weighted by molar-refractivity contribution is -0.116. The molecular formula is C20H25N3O3Si. The van der Waals surface area contributed by atoms with E-state index in [1.807, 2.05) is 60.7 Å². The third-order valence-electron chi connectivity index (χ3n) is 4.62.